The Hall–Kier alpha value is -1.41. The van der Waals surface area contributed by atoms with Crippen molar-refractivity contribution in [2.75, 3.05) is 14.2 Å². The van der Waals surface area contributed by atoms with Gasteiger partial charge in [-0.2, -0.15) is 0 Å². The van der Waals surface area contributed by atoms with E-state index in [9.17, 15) is 0 Å². The summed E-state index contributed by atoms with van der Waals surface area (Å²) < 4.78 is 10.6. The van der Waals surface area contributed by atoms with E-state index in [-0.39, 0.29) is 0 Å². The molecule has 0 aromatic heterocycles. The topological polar surface area (TPSA) is 18.5 Å². The standard InChI is InChI=1S/C12H11ClO2/c1-14-10-5-3-4-8-6-7-9(13)12(15-2)11(8)10/h3-7H,1-2H3. The molecule has 0 N–H and O–H groups in total. The minimum atomic E-state index is 0.592. The number of methoxy groups -OCH3 is 2. The molecule has 0 amide bonds. The molecule has 0 aliphatic carbocycles. The molecule has 0 heterocycles. The summed E-state index contributed by atoms with van der Waals surface area (Å²) in [6, 6.07) is 9.59. The molecule has 2 nitrogen and oxygen atoms in total. The Kier molecular flexibility index (Phi) is 2.69. The van der Waals surface area contributed by atoms with Crippen LogP contribution in [0.4, 0.5) is 0 Å². The van der Waals surface area contributed by atoms with Crippen molar-refractivity contribution < 1.29 is 9.47 Å². The van der Waals surface area contributed by atoms with Crippen LogP contribution in [0.2, 0.25) is 5.02 Å². The first kappa shape index (κ1) is 10.1. The molecule has 2 aromatic carbocycles. The van der Waals surface area contributed by atoms with Crippen LogP contribution in [0, 0.1) is 0 Å². The summed E-state index contributed by atoms with van der Waals surface area (Å²) in [5, 5.41) is 2.56. The Morgan fingerprint density at radius 1 is 1.00 bits per heavy atom. The molecule has 78 valence electrons. The molecule has 15 heavy (non-hydrogen) atoms. The van der Waals surface area contributed by atoms with E-state index in [1.165, 1.54) is 0 Å². The zero-order chi connectivity index (χ0) is 10.8. The smallest absolute Gasteiger partial charge is 0.148 e. The molecule has 0 spiro atoms. The normalized spacial score (nSPS) is 10.3. The Bertz CT molecular complexity index is 494. The summed E-state index contributed by atoms with van der Waals surface area (Å²) in [5.74, 6) is 1.43. The highest BCUT2D eigenvalue weighted by Crippen LogP contribution is 2.38. The summed E-state index contributed by atoms with van der Waals surface area (Å²) in [7, 11) is 3.24. The Morgan fingerprint density at radius 2 is 1.80 bits per heavy atom. The first-order chi connectivity index (χ1) is 7.27. The number of rotatable bonds is 2. The predicted molar refractivity (Wildman–Crippen MR) is 62.1 cm³/mol. The van der Waals surface area contributed by atoms with E-state index in [4.69, 9.17) is 21.1 Å². The molecule has 0 radical (unpaired) electrons. The third kappa shape index (κ3) is 1.61. The highest BCUT2D eigenvalue weighted by atomic mass is 35.5. The molecule has 0 bridgehead atoms. The summed E-state index contributed by atoms with van der Waals surface area (Å²) in [6.45, 7) is 0. The number of ether oxygens (including phenoxy) is 2. The first-order valence-corrected chi connectivity index (χ1v) is 4.95. The fraction of sp³-hybridized carbons (Fsp3) is 0.167. The van der Waals surface area contributed by atoms with Crippen molar-refractivity contribution in [3.8, 4) is 11.5 Å². The van der Waals surface area contributed by atoms with Gasteiger partial charge in [-0.25, -0.2) is 0 Å². The lowest BCUT2D eigenvalue weighted by Crippen LogP contribution is -1.90. The third-order valence-corrected chi connectivity index (χ3v) is 2.63. The maximum atomic E-state index is 6.05. The van der Waals surface area contributed by atoms with Crippen molar-refractivity contribution in [2.24, 2.45) is 0 Å². The summed E-state index contributed by atoms with van der Waals surface area (Å²) in [6.07, 6.45) is 0. The van der Waals surface area contributed by atoms with Gasteiger partial charge in [0.15, 0.2) is 0 Å². The van der Waals surface area contributed by atoms with Crippen LogP contribution in [-0.4, -0.2) is 14.2 Å². The SMILES string of the molecule is COc1cccc2ccc(Cl)c(OC)c12. The van der Waals surface area contributed by atoms with E-state index < -0.39 is 0 Å². The Labute approximate surface area is 93.4 Å². The zero-order valence-corrected chi connectivity index (χ0v) is 9.34. The van der Waals surface area contributed by atoms with E-state index in [1.807, 2.05) is 30.3 Å². The number of benzene rings is 2. The average molecular weight is 223 g/mol. The third-order valence-electron chi connectivity index (χ3n) is 2.34. The van der Waals surface area contributed by atoms with Gasteiger partial charge in [0.2, 0.25) is 0 Å². The van der Waals surface area contributed by atoms with Crippen molar-refractivity contribution in [3.05, 3.63) is 35.4 Å². The van der Waals surface area contributed by atoms with Crippen LogP contribution in [0.25, 0.3) is 10.8 Å². The molecule has 2 rings (SSSR count). The van der Waals surface area contributed by atoms with E-state index in [2.05, 4.69) is 0 Å². The molecule has 0 aliphatic heterocycles. The Morgan fingerprint density at radius 3 is 2.47 bits per heavy atom. The number of hydrogen-bond acceptors (Lipinski definition) is 2. The molecule has 3 heteroatoms. The molecular weight excluding hydrogens is 212 g/mol. The van der Waals surface area contributed by atoms with Crippen LogP contribution in [-0.2, 0) is 0 Å². The quantitative estimate of drug-likeness (QED) is 0.774. The minimum absolute atomic E-state index is 0.592. The fourth-order valence-electron chi connectivity index (χ4n) is 1.66. The van der Waals surface area contributed by atoms with Crippen molar-refractivity contribution in [3.63, 3.8) is 0 Å². The molecule has 0 atom stereocenters. The van der Waals surface area contributed by atoms with Gasteiger partial charge in [-0.3, -0.25) is 0 Å². The van der Waals surface area contributed by atoms with Crippen LogP contribution >= 0.6 is 11.6 Å². The van der Waals surface area contributed by atoms with Gasteiger partial charge in [0.05, 0.1) is 24.6 Å². The lowest BCUT2D eigenvalue weighted by molar-refractivity contribution is 0.405. The highest BCUT2D eigenvalue weighted by molar-refractivity contribution is 6.33. The van der Waals surface area contributed by atoms with Gasteiger partial charge in [0.1, 0.15) is 11.5 Å². The number of fused-ring (bicyclic) bond motifs is 1. The van der Waals surface area contributed by atoms with Crippen LogP contribution in [0.3, 0.4) is 0 Å². The van der Waals surface area contributed by atoms with Crippen LogP contribution < -0.4 is 9.47 Å². The van der Waals surface area contributed by atoms with Gasteiger partial charge in [0, 0.05) is 0 Å². The van der Waals surface area contributed by atoms with Gasteiger partial charge in [-0.05, 0) is 17.5 Å². The summed E-state index contributed by atoms with van der Waals surface area (Å²) in [4.78, 5) is 0. The second-order valence-corrected chi connectivity index (χ2v) is 3.55. The fourth-order valence-corrected chi connectivity index (χ4v) is 1.89. The second kappa shape index (κ2) is 3.99. The van der Waals surface area contributed by atoms with Gasteiger partial charge in [0.25, 0.3) is 0 Å². The van der Waals surface area contributed by atoms with Crippen LogP contribution in [0.1, 0.15) is 0 Å². The molecule has 0 saturated carbocycles. The summed E-state index contributed by atoms with van der Waals surface area (Å²) in [5.41, 5.74) is 0. The van der Waals surface area contributed by atoms with E-state index >= 15 is 0 Å². The lowest BCUT2D eigenvalue weighted by atomic mass is 10.1. The van der Waals surface area contributed by atoms with Crippen LogP contribution in [0.5, 0.6) is 11.5 Å². The van der Waals surface area contributed by atoms with Crippen molar-refractivity contribution in [1.82, 2.24) is 0 Å². The molecular formula is C12H11ClO2. The average Bonchev–Trinajstić information content (AvgIpc) is 2.28. The minimum Gasteiger partial charge on any atom is -0.496 e. The predicted octanol–water partition coefficient (Wildman–Crippen LogP) is 3.51. The van der Waals surface area contributed by atoms with E-state index in [1.54, 1.807) is 14.2 Å². The van der Waals surface area contributed by atoms with Crippen molar-refractivity contribution >= 4 is 22.4 Å². The van der Waals surface area contributed by atoms with E-state index in [0.29, 0.717) is 10.8 Å². The number of halogens is 1. The molecule has 0 saturated heterocycles. The van der Waals surface area contributed by atoms with Gasteiger partial charge in [-0.15, -0.1) is 0 Å². The molecule has 2 aromatic rings. The maximum absolute atomic E-state index is 6.05. The lowest BCUT2D eigenvalue weighted by Gasteiger charge is -2.10. The summed E-state index contributed by atoms with van der Waals surface area (Å²) >= 11 is 6.05. The second-order valence-electron chi connectivity index (χ2n) is 3.14. The molecule has 0 aliphatic rings. The zero-order valence-electron chi connectivity index (χ0n) is 8.58. The first-order valence-electron chi connectivity index (χ1n) is 4.57. The van der Waals surface area contributed by atoms with Crippen LogP contribution in [0.15, 0.2) is 30.3 Å². The Balaban J connectivity index is 2.87. The maximum Gasteiger partial charge on any atom is 0.148 e. The van der Waals surface area contributed by atoms with Crippen molar-refractivity contribution in [1.29, 1.82) is 0 Å². The van der Waals surface area contributed by atoms with E-state index in [0.717, 1.165) is 16.5 Å². The molecule has 0 fully saturated rings. The highest BCUT2D eigenvalue weighted by Gasteiger charge is 2.10. The van der Waals surface area contributed by atoms with Gasteiger partial charge >= 0.3 is 0 Å². The number of hydrogen-bond donors (Lipinski definition) is 0. The molecule has 0 unspecified atom stereocenters. The van der Waals surface area contributed by atoms with Gasteiger partial charge < -0.3 is 9.47 Å². The largest absolute Gasteiger partial charge is 0.496 e. The van der Waals surface area contributed by atoms with Gasteiger partial charge in [-0.1, -0.05) is 29.8 Å². The monoisotopic (exact) mass is 222 g/mol. The van der Waals surface area contributed by atoms with Crippen molar-refractivity contribution in [2.45, 2.75) is 0 Å².